The van der Waals surface area contributed by atoms with Gasteiger partial charge in [-0.15, -0.1) is 0 Å². The summed E-state index contributed by atoms with van der Waals surface area (Å²) >= 11 is 3.21. The van der Waals surface area contributed by atoms with E-state index in [2.05, 4.69) is 21.2 Å². The summed E-state index contributed by atoms with van der Waals surface area (Å²) in [4.78, 5) is 0. The van der Waals surface area contributed by atoms with Crippen LogP contribution >= 0.6 is 15.9 Å². The maximum atomic E-state index is 13.6. The van der Waals surface area contributed by atoms with Crippen molar-refractivity contribution in [2.75, 3.05) is 11.9 Å². The molecule has 0 spiro atoms. The Morgan fingerprint density at radius 2 is 1.75 bits per heavy atom. The lowest BCUT2D eigenvalue weighted by atomic mass is 10.2. The van der Waals surface area contributed by atoms with Gasteiger partial charge in [0.2, 0.25) is 0 Å². The molecule has 0 heterocycles. The molecule has 2 aromatic carbocycles. The second-order valence-electron chi connectivity index (χ2n) is 3.92. The van der Waals surface area contributed by atoms with Gasteiger partial charge in [-0.3, -0.25) is 0 Å². The third kappa shape index (κ3) is 3.07. The van der Waals surface area contributed by atoms with Crippen LogP contribution in [0, 0.1) is 17.5 Å². The smallest absolute Gasteiger partial charge is 0.171 e. The van der Waals surface area contributed by atoms with E-state index in [4.69, 9.17) is 4.74 Å². The lowest BCUT2D eigenvalue weighted by molar-refractivity contribution is 0.319. The number of rotatable bonds is 4. The molecule has 0 unspecified atom stereocenters. The number of ether oxygens (including phenoxy) is 1. The predicted octanol–water partition coefficient (Wildman–Crippen LogP) is 5.01. The third-order valence-electron chi connectivity index (χ3n) is 2.54. The predicted molar refractivity (Wildman–Crippen MR) is 74.9 cm³/mol. The van der Waals surface area contributed by atoms with Gasteiger partial charge in [-0.05, 0) is 47.1 Å². The van der Waals surface area contributed by atoms with Crippen molar-refractivity contribution in [2.45, 2.75) is 6.92 Å². The van der Waals surface area contributed by atoms with E-state index < -0.39 is 17.5 Å². The lowest BCUT2D eigenvalue weighted by Gasteiger charge is -2.13. The van der Waals surface area contributed by atoms with Crippen molar-refractivity contribution >= 4 is 27.3 Å². The van der Waals surface area contributed by atoms with Crippen LogP contribution in [0.1, 0.15) is 6.92 Å². The van der Waals surface area contributed by atoms with Gasteiger partial charge in [0.05, 0.1) is 22.5 Å². The Balaban J connectivity index is 2.36. The zero-order valence-electron chi connectivity index (χ0n) is 10.5. The molecule has 0 aliphatic heterocycles. The number of anilines is 2. The van der Waals surface area contributed by atoms with E-state index in [1.807, 2.05) is 0 Å². The van der Waals surface area contributed by atoms with Crippen LogP contribution in [0.3, 0.4) is 0 Å². The highest BCUT2D eigenvalue weighted by atomic mass is 79.9. The van der Waals surface area contributed by atoms with Crippen LogP contribution in [0.15, 0.2) is 34.8 Å². The summed E-state index contributed by atoms with van der Waals surface area (Å²) in [6.07, 6.45) is 0. The second kappa shape index (κ2) is 6.17. The molecule has 0 fully saturated rings. The molecule has 1 N–H and O–H groups in total. The Morgan fingerprint density at radius 1 is 1.05 bits per heavy atom. The zero-order chi connectivity index (χ0) is 14.7. The van der Waals surface area contributed by atoms with E-state index >= 15 is 0 Å². The van der Waals surface area contributed by atoms with Crippen molar-refractivity contribution in [3.05, 3.63) is 52.3 Å². The van der Waals surface area contributed by atoms with Gasteiger partial charge < -0.3 is 10.1 Å². The second-order valence-corrected chi connectivity index (χ2v) is 4.71. The molecule has 2 aromatic rings. The summed E-state index contributed by atoms with van der Waals surface area (Å²) in [5, 5.41) is 2.76. The number of hydrogen-bond donors (Lipinski definition) is 1. The van der Waals surface area contributed by atoms with Gasteiger partial charge >= 0.3 is 0 Å². The molecule has 0 amide bonds. The van der Waals surface area contributed by atoms with Gasteiger partial charge in [0.1, 0.15) is 11.6 Å². The Hall–Kier alpha value is -1.69. The number of benzene rings is 2. The Labute approximate surface area is 122 Å². The summed E-state index contributed by atoms with van der Waals surface area (Å²) in [6.45, 7) is 2.02. The first kappa shape index (κ1) is 14.7. The average molecular weight is 346 g/mol. The number of nitrogens with one attached hydrogen (secondary N) is 1. The largest absolute Gasteiger partial charge is 0.490 e. The molecule has 0 atom stereocenters. The van der Waals surface area contributed by atoms with E-state index in [-0.39, 0.29) is 11.4 Å². The van der Waals surface area contributed by atoms with Gasteiger partial charge in [0.15, 0.2) is 11.6 Å². The fourth-order valence-electron chi connectivity index (χ4n) is 1.64. The number of halogens is 4. The number of hydrogen-bond acceptors (Lipinski definition) is 2. The van der Waals surface area contributed by atoms with E-state index in [1.54, 1.807) is 6.92 Å². The molecule has 0 saturated carbocycles. The van der Waals surface area contributed by atoms with Gasteiger partial charge in [-0.25, -0.2) is 13.2 Å². The minimum Gasteiger partial charge on any atom is -0.490 e. The topological polar surface area (TPSA) is 21.3 Å². The van der Waals surface area contributed by atoms with E-state index in [1.165, 1.54) is 18.2 Å². The standard InChI is InChI=1S/C14H11BrF3NO/c1-2-20-14-9(17)4-6-12(13(14)15)19-11-5-3-8(16)7-10(11)18/h3-7,19H,2H2,1H3. The summed E-state index contributed by atoms with van der Waals surface area (Å²) < 4.78 is 45.5. The SMILES string of the molecule is CCOc1c(F)ccc(Nc2ccc(F)cc2F)c1Br. The maximum Gasteiger partial charge on any atom is 0.171 e. The van der Waals surface area contributed by atoms with Gasteiger partial charge in [0, 0.05) is 6.07 Å². The maximum absolute atomic E-state index is 13.6. The normalized spacial score (nSPS) is 10.4. The van der Waals surface area contributed by atoms with Crippen LogP contribution in [0.4, 0.5) is 24.5 Å². The van der Waals surface area contributed by atoms with Crippen LogP contribution in [-0.4, -0.2) is 6.61 Å². The molecule has 0 aliphatic carbocycles. The Morgan fingerprint density at radius 3 is 2.40 bits per heavy atom. The molecule has 0 bridgehead atoms. The first-order valence-corrected chi connectivity index (χ1v) is 6.65. The van der Waals surface area contributed by atoms with Crippen molar-refractivity contribution in [3.63, 3.8) is 0 Å². The highest BCUT2D eigenvalue weighted by molar-refractivity contribution is 9.10. The molecule has 6 heteroatoms. The van der Waals surface area contributed by atoms with Crippen molar-refractivity contribution in [2.24, 2.45) is 0 Å². The Bertz CT molecular complexity index is 634. The molecular formula is C14H11BrF3NO. The van der Waals surface area contributed by atoms with Crippen LogP contribution in [-0.2, 0) is 0 Å². The van der Waals surface area contributed by atoms with Crippen molar-refractivity contribution in [1.29, 1.82) is 0 Å². The minimum atomic E-state index is -0.737. The highest BCUT2D eigenvalue weighted by Gasteiger charge is 2.14. The monoisotopic (exact) mass is 345 g/mol. The van der Waals surface area contributed by atoms with Gasteiger partial charge in [-0.1, -0.05) is 0 Å². The molecule has 0 radical (unpaired) electrons. The average Bonchev–Trinajstić information content (AvgIpc) is 2.40. The molecule has 0 saturated heterocycles. The van der Waals surface area contributed by atoms with Crippen LogP contribution in [0.25, 0.3) is 0 Å². The van der Waals surface area contributed by atoms with Crippen molar-refractivity contribution in [1.82, 2.24) is 0 Å². The molecule has 20 heavy (non-hydrogen) atoms. The first-order valence-electron chi connectivity index (χ1n) is 5.85. The van der Waals surface area contributed by atoms with Crippen LogP contribution in [0.5, 0.6) is 5.75 Å². The molecule has 0 aliphatic rings. The molecular weight excluding hydrogens is 335 g/mol. The quantitative estimate of drug-likeness (QED) is 0.840. The zero-order valence-corrected chi connectivity index (χ0v) is 12.1. The first-order chi connectivity index (χ1) is 9.52. The summed E-state index contributed by atoms with van der Waals surface area (Å²) in [7, 11) is 0. The van der Waals surface area contributed by atoms with Crippen molar-refractivity contribution < 1.29 is 17.9 Å². The third-order valence-corrected chi connectivity index (χ3v) is 3.33. The molecule has 0 aromatic heterocycles. The van der Waals surface area contributed by atoms with E-state index in [0.29, 0.717) is 16.8 Å². The van der Waals surface area contributed by atoms with Gasteiger partial charge in [0.25, 0.3) is 0 Å². The lowest BCUT2D eigenvalue weighted by Crippen LogP contribution is -2.00. The highest BCUT2D eigenvalue weighted by Crippen LogP contribution is 2.36. The summed E-state index contributed by atoms with van der Waals surface area (Å²) in [5.41, 5.74) is 0.501. The van der Waals surface area contributed by atoms with Crippen molar-refractivity contribution in [3.8, 4) is 5.75 Å². The molecule has 2 rings (SSSR count). The van der Waals surface area contributed by atoms with E-state index in [0.717, 1.165) is 12.1 Å². The molecule has 106 valence electrons. The molecule has 2 nitrogen and oxygen atoms in total. The van der Waals surface area contributed by atoms with Crippen LogP contribution in [0.2, 0.25) is 0 Å². The minimum absolute atomic E-state index is 0.0417. The fourth-order valence-corrected chi connectivity index (χ4v) is 2.18. The Kier molecular flexibility index (Phi) is 4.54. The van der Waals surface area contributed by atoms with Gasteiger partial charge in [-0.2, -0.15) is 0 Å². The summed E-state index contributed by atoms with van der Waals surface area (Å²) in [6, 6.07) is 5.81. The fraction of sp³-hybridized carbons (Fsp3) is 0.143. The van der Waals surface area contributed by atoms with Crippen LogP contribution < -0.4 is 10.1 Å². The van der Waals surface area contributed by atoms with E-state index in [9.17, 15) is 13.2 Å². The summed E-state index contributed by atoms with van der Waals surface area (Å²) in [5.74, 6) is -1.88.